The van der Waals surface area contributed by atoms with Crippen molar-refractivity contribution in [3.63, 3.8) is 0 Å². The van der Waals surface area contributed by atoms with Gasteiger partial charge in [0.2, 0.25) is 0 Å². The summed E-state index contributed by atoms with van der Waals surface area (Å²) in [6.07, 6.45) is 2.91. The molecule has 2 aliphatic rings. The molecule has 1 fully saturated rings. The molecular weight excluding hydrogens is 344 g/mol. The molecule has 2 atom stereocenters. The lowest BCUT2D eigenvalue weighted by Crippen LogP contribution is -2.51. The van der Waals surface area contributed by atoms with Crippen LogP contribution in [0.1, 0.15) is 51.2 Å². The van der Waals surface area contributed by atoms with Crippen LogP contribution in [0.15, 0.2) is 18.2 Å². The van der Waals surface area contributed by atoms with Crippen molar-refractivity contribution in [2.75, 3.05) is 13.7 Å². The lowest BCUT2D eigenvalue weighted by molar-refractivity contribution is -0.149. The highest BCUT2D eigenvalue weighted by molar-refractivity contribution is 5.97. The monoisotopic (exact) mass is 374 g/mol. The standard InChI is InChI=1S/C21H30N2O4/c1-13(25)21(3,26-4)18-8-6-14-9-15(5-7-17(14)27-18)19(22)23-16-10-20(2,11-16)12-24/h5,7,9,16,18,24H,6,8,10-12H2,1-4H3,(H2,22,23)/t16-,18-,20+,21-/m1/s1. The molecular formula is C21H30N2O4. The van der Waals surface area contributed by atoms with E-state index < -0.39 is 5.60 Å². The van der Waals surface area contributed by atoms with E-state index in [9.17, 15) is 9.90 Å². The Morgan fingerprint density at radius 1 is 1.48 bits per heavy atom. The summed E-state index contributed by atoms with van der Waals surface area (Å²) in [5.74, 6) is 1.11. The fourth-order valence-electron chi connectivity index (χ4n) is 4.08. The van der Waals surface area contributed by atoms with Crippen molar-refractivity contribution in [1.82, 2.24) is 5.32 Å². The summed E-state index contributed by atoms with van der Waals surface area (Å²) in [6.45, 7) is 5.56. The van der Waals surface area contributed by atoms with Gasteiger partial charge in [-0.3, -0.25) is 10.2 Å². The number of aliphatic hydroxyl groups is 1. The fraction of sp³-hybridized carbons (Fsp3) is 0.619. The number of benzene rings is 1. The Hall–Kier alpha value is -1.92. The van der Waals surface area contributed by atoms with Crippen molar-refractivity contribution >= 4 is 11.6 Å². The Kier molecular flexibility index (Phi) is 5.32. The van der Waals surface area contributed by atoms with E-state index in [2.05, 4.69) is 12.2 Å². The third kappa shape index (κ3) is 3.73. The maximum absolute atomic E-state index is 12.0. The summed E-state index contributed by atoms with van der Waals surface area (Å²) >= 11 is 0. The molecule has 3 N–H and O–H groups in total. The Morgan fingerprint density at radius 2 is 2.19 bits per heavy atom. The Bertz CT molecular complexity index is 742. The number of hydrogen-bond acceptors (Lipinski definition) is 5. The number of Topliss-reactive ketones (excluding diaryl/α,β-unsaturated/α-hetero) is 1. The minimum Gasteiger partial charge on any atom is -0.487 e. The predicted molar refractivity (Wildman–Crippen MR) is 103 cm³/mol. The number of amidine groups is 1. The number of ketones is 1. The predicted octanol–water partition coefficient (Wildman–Crippen LogP) is 2.45. The van der Waals surface area contributed by atoms with Crippen LogP contribution in [0, 0.1) is 10.8 Å². The van der Waals surface area contributed by atoms with E-state index in [1.54, 1.807) is 14.0 Å². The van der Waals surface area contributed by atoms with Gasteiger partial charge in [-0.1, -0.05) is 6.92 Å². The third-order valence-corrected chi connectivity index (χ3v) is 6.24. The maximum atomic E-state index is 12.0. The van der Waals surface area contributed by atoms with Gasteiger partial charge in [0.1, 0.15) is 17.7 Å². The second kappa shape index (κ2) is 7.24. The molecule has 6 heteroatoms. The number of methoxy groups -OCH3 is 1. The van der Waals surface area contributed by atoms with Crippen LogP contribution in [0.4, 0.5) is 0 Å². The molecule has 0 radical (unpaired) electrons. The van der Waals surface area contributed by atoms with Gasteiger partial charge < -0.3 is 19.9 Å². The van der Waals surface area contributed by atoms with Crippen LogP contribution >= 0.6 is 0 Å². The first kappa shape index (κ1) is 19.8. The van der Waals surface area contributed by atoms with Gasteiger partial charge in [-0.25, -0.2) is 0 Å². The second-order valence-corrected chi connectivity index (χ2v) is 8.43. The van der Waals surface area contributed by atoms with Gasteiger partial charge in [0, 0.05) is 25.3 Å². The van der Waals surface area contributed by atoms with Gasteiger partial charge in [0.25, 0.3) is 0 Å². The molecule has 1 aromatic rings. The van der Waals surface area contributed by atoms with E-state index in [0.717, 1.165) is 36.1 Å². The molecule has 1 heterocycles. The molecule has 27 heavy (non-hydrogen) atoms. The van der Waals surface area contributed by atoms with Gasteiger partial charge in [-0.05, 0) is 68.7 Å². The lowest BCUT2D eigenvalue weighted by atomic mass is 9.67. The second-order valence-electron chi connectivity index (χ2n) is 8.43. The van der Waals surface area contributed by atoms with Crippen LogP contribution in [0.3, 0.4) is 0 Å². The number of rotatable bonds is 6. The number of hydrogen-bond donors (Lipinski definition) is 3. The highest BCUT2D eigenvalue weighted by atomic mass is 16.5. The molecule has 1 aromatic carbocycles. The van der Waals surface area contributed by atoms with Gasteiger partial charge in [0.05, 0.1) is 0 Å². The minimum atomic E-state index is -0.950. The van der Waals surface area contributed by atoms with E-state index in [4.69, 9.17) is 14.9 Å². The number of carbonyl (C=O) groups is 1. The number of aliphatic hydroxyl groups excluding tert-OH is 1. The molecule has 0 spiro atoms. The van der Waals surface area contributed by atoms with Crippen molar-refractivity contribution in [1.29, 1.82) is 5.41 Å². The zero-order valence-corrected chi connectivity index (χ0v) is 16.6. The van der Waals surface area contributed by atoms with Gasteiger partial charge in [0.15, 0.2) is 11.4 Å². The van der Waals surface area contributed by atoms with E-state index in [0.29, 0.717) is 12.3 Å². The van der Waals surface area contributed by atoms with Gasteiger partial charge in [-0.2, -0.15) is 0 Å². The highest BCUT2D eigenvalue weighted by Crippen LogP contribution is 2.40. The molecule has 148 valence electrons. The summed E-state index contributed by atoms with van der Waals surface area (Å²) in [7, 11) is 1.54. The average Bonchev–Trinajstić information content (AvgIpc) is 2.64. The van der Waals surface area contributed by atoms with Gasteiger partial charge >= 0.3 is 0 Å². The summed E-state index contributed by atoms with van der Waals surface area (Å²) in [5.41, 5.74) is 0.913. The first-order valence-corrected chi connectivity index (χ1v) is 9.53. The topological polar surface area (TPSA) is 91.6 Å². The van der Waals surface area contributed by atoms with Crippen LogP contribution in [0.2, 0.25) is 0 Å². The molecule has 6 nitrogen and oxygen atoms in total. The molecule has 3 rings (SSSR count). The highest BCUT2D eigenvalue weighted by Gasteiger charge is 2.43. The summed E-state index contributed by atoms with van der Waals surface area (Å²) in [5, 5.41) is 21.0. The van der Waals surface area contributed by atoms with Crippen molar-refractivity contribution in [2.45, 2.75) is 64.2 Å². The van der Waals surface area contributed by atoms with Crippen LogP contribution in [0.25, 0.3) is 0 Å². The van der Waals surface area contributed by atoms with Crippen molar-refractivity contribution in [2.24, 2.45) is 5.41 Å². The first-order valence-electron chi connectivity index (χ1n) is 9.53. The molecule has 0 aromatic heterocycles. The van der Waals surface area contributed by atoms with Crippen LogP contribution in [-0.4, -0.2) is 48.2 Å². The third-order valence-electron chi connectivity index (χ3n) is 6.24. The van der Waals surface area contributed by atoms with Crippen LogP contribution < -0.4 is 10.1 Å². The zero-order valence-electron chi connectivity index (χ0n) is 16.6. The van der Waals surface area contributed by atoms with Crippen LogP contribution in [-0.2, 0) is 16.0 Å². The molecule has 1 aliphatic heterocycles. The summed E-state index contributed by atoms with van der Waals surface area (Å²) < 4.78 is 11.5. The molecule has 1 aliphatic carbocycles. The van der Waals surface area contributed by atoms with E-state index >= 15 is 0 Å². The SMILES string of the molecule is CO[C@](C)(C(C)=O)[C@H]1CCc2cc(C(=N)N[C@H]3C[C@@](C)(CO)C3)ccc2O1. The average molecular weight is 374 g/mol. The molecule has 0 amide bonds. The number of fused-ring (bicyclic) bond motifs is 1. The lowest BCUT2D eigenvalue weighted by Gasteiger charge is -2.44. The molecule has 0 bridgehead atoms. The van der Waals surface area contributed by atoms with Crippen molar-refractivity contribution in [3.8, 4) is 5.75 Å². The molecule has 0 saturated heterocycles. The number of ether oxygens (including phenoxy) is 2. The fourth-order valence-corrected chi connectivity index (χ4v) is 4.08. The smallest absolute Gasteiger partial charge is 0.165 e. The Labute approximate surface area is 160 Å². The number of nitrogens with one attached hydrogen (secondary N) is 2. The summed E-state index contributed by atoms with van der Waals surface area (Å²) in [6, 6.07) is 5.98. The zero-order chi connectivity index (χ0) is 19.8. The van der Waals surface area contributed by atoms with Crippen molar-refractivity contribution in [3.05, 3.63) is 29.3 Å². The largest absolute Gasteiger partial charge is 0.487 e. The Balaban J connectivity index is 1.67. The number of aryl methyl sites for hydroxylation is 1. The van der Waals surface area contributed by atoms with Gasteiger partial charge in [-0.15, -0.1) is 0 Å². The van der Waals surface area contributed by atoms with E-state index in [1.165, 1.54) is 6.92 Å². The van der Waals surface area contributed by atoms with E-state index in [-0.39, 0.29) is 30.0 Å². The molecule has 0 unspecified atom stereocenters. The minimum absolute atomic E-state index is 0.0125. The normalized spacial score (nSPS) is 28.9. The first-order chi connectivity index (χ1) is 12.7. The Morgan fingerprint density at radius 3 is 2.78 bits per heavy atom. The van der Waals surface area contributed by atoms with Crippen LogP contribution in [0.5, 0.6) is 5.75 Å². The molecule has 1 saturated carbocycles. The van der Waals surface area contributed by atoms with Crippen molar-refractivity contribution < 1.29 is 19.4 Å². The quantitative estimate of drug-likeness (QED) is 0.525. The summed E-state index contributed by atoms with van der Waals surface area (Å²) in [4.78, 5) is 12.0. The number of carbonyl (C=O) groups excluding carboxylic acids is 1. The maximum Gasteiger partial charge on any atom is 0.165 e. The van der Waals surface area contributed by atoms with E-state index in [1.807, 2.05) is 18.2 Å².